The first-order valence-corrected chi connectivity index (χ1v) is 11.0. The molecular formula is C26H25N3O6. The summed E-state index contributed by atoms with van der Waals surface area (Å²) in [5, 5.41) is 15.6. The van der Waals surface area contributed by atoms with Crippen molar-refractivity contribution in [2.75, 3.05) is 13.2 Å². The maximum Gasteiger partial charge on any atom is 0.328 e. The van der Waals surface area contributed by atoms with Crippen LogP contribution in [0.1, 0.15) is 35.1 Å². The minimum atomic E-state index is -1.26. The van der Waals surface area contributed by atoms with Crippen molar-refractivity contribution in [3.05, 3.63) is 95.1 Å². The smallest absolute Gasteiger partial charge is 0.328 e. The SMILES string of the molecule is Cc1ncc2n1-c1ccc(C3(C)OCCO3)cc1C(c1ccccc1)=NC2.O=C(O)/C=C\C(=O)O. The highest BCUT2D eigenvalue weighted by molar-refractivity contribution is 6.15. The molecule has 1 saturated heterocycles. The van der Waals surface area contributed by atoms with E-state index in [-0.39, 0.29) is 0 Å². The summed E-state index contributed by atoms with van der Waals surface area (Å²) in [6.07, 6.45) is 3.03. The van der Waals surface area contributed by atoms with Crippen LogP contribution in [-0.2, 0) is 31.4 Å². The zero-order chi connectivity index (χ0) is 25.0. The van der Waals surface area contributed by atoms with Gasteiger partial charge < -0.3 is 19.7 Å². The number of hydrogen-bond donors (Lipinski definition) is 2. The molecule has 5 rings (SSSR count). The molecule has 1 fully saturated rings. The number of ether oxygens (including phenoxy) is 2. The first-order valence-electron chi connectivity index (χ1n) is 11.0. The third-order valence-corrected chi connectivity index (χ3v) is 5.68. The molecule has 0 unspecified atom stereocenters. The van der Waals surface area contributed by atoms with Crippen molar-refractivity contribution < 1.29 is 29.3 Å². The first kappa shape index (κ1) is 24.1. The van der Waals surface area contributed by atoms with Gasteiger partial charge in [-0.15, -0.1) is 0 Å². The quantitative estimate of drug-likeness (QED) is 0.554. The third kappa shape index (κ3) is 5.21. The van der Waals surface area contributed by atoms with Gasteiger partial charge in [0.05, 0.1) is 43.0 Å². The molecule has 0 atom stereocenters. The molecule has 0 amide bonds. The molecule has 0 saturated carbocycles. The van der Waals surface area contributed by atoms with E-state index >= 15 is 0 Å². The fourth-order valence-corrected chi connectivity index (χ4v) is 4.05. The van der Waals surface area contributed by atoms with Crippen molar-refractivity contribution in [1.82, 2.24) is 9.55 Å². The van der Waals surface area contributed by atoms with Crippen molar-refractivity contribution in [3.8, 4) is 5.69 Å². The van der Waals surface area contributed by atoms with Crippen LogP contribution in [0.4, 0.5) is 0 Å². The van der Waals surface area contributed by atoms with Crippen LogP contribution in [0.3, 0.4) is 0 Å². The zero-order valence-electron chi connectivity index (χ0n) is 19.3. The Labute approximate surface area is 202 Å². The highest BCUT2D eigenvalue weighted by Crippen LogP contribution is 2.35. The van der Waals surface area contributed by atoms with Crippen LogP contribution in [0.2, 0.25) is 0 Å². The van der Waals surface area contributed by atoms with E-state index < -0.39 is 17.7 Å². The number of carboxylic acid groups (broad SMARTS) is 2. The summed E-state index contributed by atoms with van der Waals surface area (Å²) in [4.78, 5) is 28.6. The van der Waals surface area contributed by atoms with Gasteiger partial charge in [0.15, 0.2) is 5.79 Å². The van der Waals surface area contributed by atoms with Gasteiger partial charge in [0.25, 0.3) is 0 Å². The summed E-state index contributed by atoms with van der Waals surface area (Å²) in [6, 6.07) is 16.7. The maximum absolute atomic E-state index is 9.55. The Kier molecular flexibility index (Phi) is 6.90. The number of carboxylic acids is 2. The monoisotopic (exact) mass is 475 g/mol. The largest absolute Gasteiger partial charge is 0.478 e. The number of aryl methyl sites for hydroxylation is 1. The Morgan fingerprint density at radius 2 is 1.69 bits per heavy atom. The maximum atomic E-state index is 9.55. The van der Waals surface area contributed by atoms with E-state index in [0.717, 1.165) is 39.6 Å². The molecule has 2 N–H and O–H groups in total. The van der Waals surface area contributed by atoms with Gasteiger partial charge in [-0.1, -0.05) is 36.4 Å². The van der Waals surface area contributed by atoms with E-state index in [9.17, 15) is 9.59 Å². The van der Waals surface area contributed by atoms with E-state index in [2.05, 4.69) is 39.9 Å². The Hall–Kier alpha value is -4.08. The lowest BCUT2D eigenvalue weighted by molar-refractivity contribution is -0.149. The number of fused-ring (bicyclic) bond motifs is 3. The number of benzene rings is 2. The number of hydrogen-bond acceptors (Lipinski definition) is 6. The van der Waals surface area contributed by atoms with Gasteiger partial charge >= 0.3 is 11.9 Å². The molecule has 0 aliphatic carbocycles. The van der Waals surface area contributed by atoms with Gasteiger partial charge in [0.2, 0.25) is 0 Å². The summed E-state index contributed by atoms with van der Waals surface area (Å²) in [5.74, 6) is -2.27. The summed E-state index contributed by atoms with van der Waals surface area (Å²) in [6.45, 7) is 5.82. The highest BCUT2D eigenvalue weighted by atomic mass is 16.7. The molecule has 180 valence electrons. The molecule has 0 radical (unpaired) electrons. The van der Waals surface area contributed by atoms with Gasteiger partial charge in [0, 0.05) is 28.8 Å². The summed E-state index contributed by atoms with van der Waals surface area (Å²) in [7, 11) is 0. The lowest BCUT2D eigenvalue weighted by Gasteiger charge is -2.24. The molecule has 1 aromatic heterocycles. The molecule has 2 aliphatic rings. The van der Waals surface area contributed by atoms with Crippen LogP contribution < -0.4 is 0 Å². The molecule has 2 aromatic carbocycles. The summed E-state index contributed by atoms with van der Waals surface area (Å²) in [5.41, 5.74) is 6.34. The van der Waals surface area contributed by atoms with Crippen molar-refractivity contribution in [3.63, 3.8) is 0 Å². The highest BCUT2D eigenvalue weighted by Gasteiger charge is 2.34. The topological polar surface area (TPSA) is 123 Å². The Bertz CT molecular complexity index is 1290. The number of imidazole rings is 1. The van der Waals surface area contributed by atoms with Gasteiger partial charge in [-0.2, -0.15) is 0 Å². The average molecular weight is 476 g/mol. The van der Waals surface area contributed by atoms with Gasteiger partial charge in [0.1, 0.15) is 5.82 Å². The number of aliphatic carboxylic acids is 2. The number of aliphatic imine (C=N–C) groups is 1. The van der Waals surface area contributed by atoms with Crippen LogP contribution in [-0.4, -0.2) is 50.6 Å². The molecule has 3 heterocycles. The van der Waals surface area contributed by atoms with Crippen LogP contribution in [0.15, 0.2) is 71.9 Å². The number of aromatic nitrogens is 2. The normalized spacial score (nSPS) is 15.9. The third-order valence-electron chi connectivity index (χ3n) is 5.68. The van der Waals surface area contributed by atoms with Gasteiger partial charge in [-0.05, 0) is 26.0 Å². The second kappa shape index (κ2) is 10.0. The van der Waals surface area contributed by atoms with E-state index in [1.165, 1.54) is 0 Å². The molecule has 0 bridgehead atoms. The molecule has 0 spiro atoms. The van der Waals surface area contributed by atoms with Gasteiger partial charge in [-0.3, -0.25) is 9.56 Å². The minimum absolute atomic E-state index is 0.558. The summed E-state index contributed by atoms with van der Waals surface area (Å²) < 4.78 is 14.0. The minimum Gasteiger partial charge on any atom is -0.478 e. The molecule has 35 heavy (non-hydrogen) atoms. The van der Waals surface area contributed by atoms with Crippen LogP contribution in [0, 0.1) is 6.92 Å². The van der Waals surface area contributed by atoms with Crippen LogP contribution in [0.25, 0.3) is 5.69 Å². The number of nitrogens with zero attached hydrogens (tertiary/aromatic N) is 3. The fraction of sp³-hybridized carbons (Fsp3) is 0.231. The van der Waals surface area contributed by atoms with Crippen molar-refractivity contribution in [2.45, 2.75) is 26.2 Å². The van der Waals surface area contributed by atoms with Gasteiger partial charge in [-0.25, -0.2) is 14.6 Å². The van der Waals surface area contributed by atoms with Crippen LogP contribution in [0.5, 0.6) is 0 Å². The predicted octanol–water partition coefficient (Wildman–Crippen LogP) is 3.46. The lowest BCUT2D eigenvalue weighted by atomic mass is 9.96. The van der Waals surface area contributed by atoms with E-state index in [1.807, 2.05) is 38.2 Å². The summed E-state index contributed by atoms with van der Waals surface area (Å²) >= 11 is 0. The molecule has 9 heteroatoms. The van der Waals surface area contributed by atoms with E-state index in [1.54, 1.807) is 0 Å². The predicted molar refractivity (Wildman–Crippen MR) is 128 cm³/mol. The van der Waals surface area contributed by atoms with Crippen molar-refractivity contribution in [1.29, 1.82) is 0 Å². The van der Waals surface area contributed by atoms with Crippen molar-refractivity contribution >= 4 is 17.7 Å². The molecular weight excluding hydrogens is 450 g/mol. The Morgan fingerprint density at radius 3 is 2.31 bits per heavy atom. The van der Waals surface area contributed by atoms with E-state index in [4.69, 9.17) is 24.7 Å². The first-order chi connectivity index (χ1) is 16.8. The van der Waals surface area contributed by atoms with Crippen molar-refractivity contribution in [2.24, 2.45) is 4.99 Å². The molecule has 2 aliphatic heterocycles. The Balaban J connectivity index is 0.000000314. The lowest BCUT2D eigenvalue weighted by Crippen LogP contribution is -2.23. The Morgan fingerprint density at radius 1 is 1.03 bits per heavy atom. The van der Waals surface area contributed by atoms with Crippen LogP contribution >= 0.6 is 0 Å². The second-order valence-corrected chi connectivity index (χ2v) is 8.05. The standard InChI is InChI=1S/C22H21N3O2.C4H4O4/c1-15-23-13-18-14-24-21(16-6-4-3-5-7-16)19-12-17(8-9-20(19)25(15)18)22(2)26-10-11-27-22;5-3(6)1-2-4(7)8/h3-9,12-13H,10-11,14H2,1-2H3;1-2H,(H,5,6)(H,7,8)/b;2-1-. The second-order valence-electron chi connectivity index (χ2n) is 8.05. The fourth-order valence-electron chi connectivity index (χ4n) is 4.05. The molecule has 3 aromatic rings. The van der Waals surface area contributed by atoms with E-state index in [0.29, 0.717) is 31.9 Å². The molecule has 9 nitrogen and oxygen atoms in total. The zero-order valence-corrected chi connectivity index (χ0v) is 19.3. The number of carbonyl (C=O) groups is 2. The average Bonchev–Trinajstić information content (AvgIpc) is 3.40. The number of rotatable bonds is 4.